The van der Waals surface area contributed by atoms with Crippen molar-refractivity contribution in [2.75, 3.05) is 0 Å². The van der Waals surface area contributed by atoms with Crippen LogP contribution in [0.5, 0.6) is 0 Å². The van der Waals surface area contributed by atoms with Gasteiger partial charge in [-0.1, -0.05) is 23.7 Å². The summed E-state index contributed by atoms with van der Waals surface area (Å²) in [5.41, 5.74) is 1.81. The number of aromatic nitrogens is 3. The standard InChI is InChI=1S/C15H12ClN3OS2/c16-12-4-2-11(3-5-12)9-22(20)10-13-8-21-15(19-13)14-17-6-1-7-18-14/h1-8H,9-10H2/t22-/m0/s1. The number of nitrogens with zero attached hydrogens (tertiary/aromatic N) is 3. The van der Waals surface area contributed by atoms with Gasteiger partial charge in [-0.05, 0) is 23.8 Å². The van der Waals surface area contributed by atoms with Gasteiger partial charge in [0.2, 0.25) is 0 Å². The van der Waals surface area contributed by atoms with Crippen molar-refractivity contribution in [1.82, 2.24) is 15.0 Å². The molecule has 0 saturated carbocycles. The summed E-state index contributed by atoms with van der Waals surface area (Å²) in [5, 5.41) is 3.34. The van der Waals surface area contributed by atoms with Crippen LogP contribution >= 0.6 is 22.9 Å². The molecule has 3 rings (SSSR count). The van der Waals surface area contributed by atoms with Gasteiger partial charge in [-0.15, -0.1) is 11.3 Å². The first-order valence-corrected chi connectivity index (χ1v) is 9.26. The van der Waals surface area contributed by atoms with Crippen molar-refractivity contribution in [2.45, 2.75) is 11.5 Å². The van der Waals surface area contributed by atoms with Gasteiger partial charge in [-0.2, -0.15) is 0 Å². The quantitative estimate of drug-likeness (QED) is 0.704. The molecule has 0 aliphatic heterocycles. The average molecular weight is 350 g/mol. The lowest BCUT2D eigenvalue weighted by molar-refractivity contribution is 0.681. The van der Waals surface area contributed by atoms with Crippen molar-refractivity contribution in [3.05, 3.63) is 64.4 Å². The highest BCUT2D eigenvalue weighted by Crippen LogP contribution is 2.21. The van der Waals surface area contributed by atoms with Crippen molar-refractivity contribution >= 4 is 33.7 Å². The molecule has 0 unspecified atom stereocenters. The van der Waals surface area contributed by atoms with Crippen LogP contribution in [0.25, 0.3) is 10.8 Å². The zero-order valence-electron chi connectivity index (χ0n) is 11.5. The van der Waals surface area contributed by atoms with Crippen LogP contribution in [0.15, 0.2) is 48.1 Å². The van der Waals surface area contributed by atoms with Gasteiger partial charge in [0.05, 0.1) is 11.4 Å². The molecule has 3 aromatic rings. The Labute approximate surface area is 139 Å². The Morgan fingerprint density at radius 3 is 2.55 bits per heavy atom. The van der Waals surface area contributed by atoms with Crippen LogP contribution in [-0.4, -0.2) is 19.2 Å². The third kappa shape index (κ3) is 3.97. The van der Waals surface area contributed by atoms with Gasteiger partial charge in [-0.25, -0.2) is 15.0 Å². The molecule has 2 aromatic heterocycles. The minimum Gasteiger partial charge on any atom is -0.259 e. The summed E-state index contributed by atoms with van der Waals surface area (Å²) in [6.07, 6.45) is 3.37. The van der Waals surface area contributed by atoms with Gasteiger partial charge in [-0.3, -0.25) is 4.21 Å². The summed E-state index contributed by atoms with van der Waals surface area (Å²) in [7, 11) is -1.01. The van der Waals surface area contributed by atoms with Crippen LogP contribution in [0.4, 0.5) is 0 Å². The molecule has 7 heteroatoms. The van der Waals surface area contributed by atoms with Crippen LogP contribution in [0.2, 0.25) is 5.02 Å². The van der Waals surface area contributed by atoms with E-state index in [0.29, 0.717) is 22.4 Å². The molecule has 0 amide bonds. The lowest BCUT2D eigenvalue weighted by Gasteiger charge is -2.01. The summed E-state index contributed by atoms with van der Waals surface area (Å²) in [6.45, 7) is 0. The van der Waals surface area contributed by atoms with Gasteiger partial charge in [0.25, 0.3) is 0 Å². The predicted octanol–water partition coefficient (Wildman–Crippen LogP) is 3.70. The first kappa shape index (κ1) is 15.3. The Balaban J connectivity index is 1.65. The fraction of sp³-hybridized carbons (Fsp3) is 0.133. The molecule has 0 spiro atoms. The first-order chi connectivity index (χ1) is 10.7. The van der Waals surface area contributed by atoms with Crippen molar-refractivity contribution in [3.8, 4) is 10.8 Å². The summed E-state index contributed by atoms with van der Waals surface area (Å²) in [5.74, 6) is 1.51. The van der Waals surface area contributed by atoms with E-state index < -0.39 is 10.8 Å². The zero-order valence-corrected chi connectivity index (χ0v) is 13.9. The van der Waals surface area contributed by atoms with E-state index in [1.165, 1.54) is 11.3 Å². The maximum atomic E-state index is 12.2. The molecule has 0 N–H and O–H groups in total. The van der Waals surface area contributed by atoms with E-state index in [2.05, 4.69) is 15.0 Å². The second kappa shape index (κ2) is 7.09. The molecule has 4 nitrogen and oxygen atoms in total. The summed E-state index contributed by atoms with van der Waals surface area (Å²) >= 11 is 7.31. The van der Waals surface area contributed by atoms with Crippen LogP contribution < -0.4 is 0 Å². The van der Waals surface area contributed by atoms with Crippen molar-refractivity contribution in [1.29, 1.82) is 0 Å². The molecule has 0 radical (unpaired) electrons. The third-order valence-electron chi connectivity index (χ3n) is 2.86. The fourth-order valence-electron chi connectivity index (χ4n) is 1.87. The van der Waals surface area contributed by atoms with Gasteiger partial charge in [0.15, 0.2) is 10.8 Å². The van der Waals surface area contributed by atoms with Gasteiger partial charge < -0.3 is 0 Å². The van der Waals surface area contributed by atoms with Gasteiger partial charge in [0, 0.05) is 39.3 Å². The van der Waals surface area contributed by atoms with Crippen molar-refractivity contribution in [3.63, 3.8) is 0 Å². The van der Waals surface area contributed by atoms with Crippen LogP contribution in [0.1, 0.15) is 11.3 Å². The fourth-order valence-corrected chi connectivity index (χ4v) is 4.01. The zero-order chi connectivity index (χ0) is 15.4. The van der Waals surface area contributed by atoms with E-state index in [1.807, 2.05) is 29.6 Å². The predicted molar refractivity (Wildman–Crippen MR) is 90.1 cm³/mol. The Kier molecular flexibility index (Phi) is 4.92. The van der Waals surface area contributed by atoms with Crippen molar-refractivity contribution < 1.29 is 4.21 Å². The summed E-state index contributed by atoms with van der Waals surface area (Å²) in [6, 6.07) is 9.16. The van der Waals surface area contributed by atoms with Gasteiger partial charge >= 0.3 is 0 Å². The van der Waals surface area contributed by atoms with E-state index in [1.54, 1.807) is 18.5 Å². The number of hydrogen-bond donors (Lipinski definition) is 0. The van der Waals surface area contributed by atoms with E-state index >= 15 is 0 Å². The van der Waals surface area contributed by atoms with E-state index in [-0.39, 0.29) is 0 Å². The van der Waals surface area contributed by atoms with Crippen LogP contribution in [0.3, 0.4) is 0 Å². The minimum absolute atomic E-state index is 0.423. The molecule has 0 saturated heterocycles. The molecule has 112 valence electrons. The molecule has 0 fully saturated rings. The average Bonchev–Trinajstić information content (AvgIpc) is 2.99. The molecular formula is C15H12ClN3OS2. The largest absolute Gasteiger partial charge is 0.259 e. The first-order valence-electron chi connectivity index (χ1n) is 6.52. The van der Waals surface area contributed by atoms with E-state index in [0.717, 1.165) is 16.3 Å². The Bertz CT molecular complexity index is 775. The molecular weight excluding hydrogens is 338 g/mol. The number of benzene rings is 1. The number of thiazole rings is 1. The maximum Gasteiger partial charge on any atom is 0.188 e. The molecule has 22 heavy (non-hydrogen) atoms. The smallest absolute Gasteiger partial charge is 0.188 e. The second-order valence-corrected chi connectivity index (χ2v) is 7.32. The van der Waals surface area contributed by atoms with Crippen LogP contribution in [-0.2, 0) is 22.3 Å². The lowest BCUT2D eigenvalue weighted by Crippen LogP contribution is -2.00. The van der Waals surface area contributed by atoms with Crippen LogP contribution in [0, 0.1) is 0 Å². The minimum atomic E-state index is -1.01. The highest BCUT2D eigenvalue weighted by molar-refractivity contribution is 7.83. The monoisotopic (exact) mass is 349 g/mol. The highest BCUT2D eigenvalue weighted by Gasteiger charge is 2.10. The van der Waals surface area contributed by atoms with E-state index in [9.17, 15) is 4.21 Å². The second-order valence-electron chi connectivity index (χ2n) is 4.57. The molecule has 1 atom stereocenters. The number of rotatable bonds is 5. The topological polar surface area (TPSA) is 55.7 Å². The summed E-state index contributed by atoms with van der Waals surface area (Å²) in [4.78, 5) is 12.8. The van der Waals surface area contributed by atoms with Gasteiger partial charge in [0.1, 0.15) is 0 Å². The Morgan fingerprint density at radius 1 is 1.09 bits per heavy atom. The molecule has 0 aliphatic carbocycles. The third-order valence-corrected chi connectivity index (χ3v) is 5.27. The molecule has 0 bridgehead atoms. The normalized spacial score (nSPS) is 12.2. The molecule has 1 aromatic carbocycles. The molecule has 0 aliphatic rings. The SMILES string of the molecule is O=[S@@](Cc1ccc(Cl)cc1)Cc1csc(-c2ncccn2)n1. The number of halogens is 1. The lowest BCUT2D eigenvalue weighted by atomic mass is 10.2. The van der Waals surface area contributed by atoms with E-state index in [4.69, 9.17) is 11.6 Å². The summed E-state index contributed by atoms with van der Waals surface area (Å²) < 4.78 is 12.2. The maximum absolute atomic E-state index is 12.2. The molecule has 2 heterocycles. The number of hydrogen-bond acceptors (Lipinski definition) is 5. The Hall–Kier alpha value is -1.63. The van der Waals surface area contributed by atoms with Crippen molar-refractivity contribution in [2.24, 2.45) is 0 Å². The Morgan fingerprint density at radius 2 is 1.82 bits per heavy atom. The highest BCUT2D eigenvalue weighted by atomic mass is 35.5.